The van der Waals surface area contributed by atoms with Gasteiger partial charge >= 0.3 is 0 Å². The molecule has 0 aliphatic heterocycles. The predicted octanol–water partition coefficient (Wildman–Crippen LogP) is 9.03. The van der Waals surface area contributed by atoms with Gasteiger partial charge in [-0.05, 0) is 0 Å². The highest BCUT2D eigenvalue weighted by Gasteiger charge is 2.59. The van der Waals surface area contributed by atoms with Crippen LogP contribution in [0.5, 0.6) is 0 Å². The zero-order chi connectivity index (χ0) is 16.8. The van der Waals surface area contributed by atoms with Crippen molar-refractivity contribution in [2.45, 2.75) is 8.67 Å². The first-order chi connectivity index (χ1) is 9.96. The molecule has 0 N–H and O–H groups in total. The normalized spacial score (nSPS) is 18.3. The number of rotatable bonds is 0. The average molecular weight is 499 g/mol. The quantitative estimate of drug-likeness (QED) is 0.251. The summed E-state index contributed by atoms with van der Waals surface area (Å²) in [5.41, 5.74) is 0.365. The molecule has 0 fully saturated rings. The van der Waals surface area contributed by atoms with Gasteiger partial charge in [0.1, 0.15) is 0 Å². The van der Waals surface area contributed by atoms with Gasteiger partial charge in [-0.1, -0.05) is 116 Å². The molecule has 0 unspecified atom stereocenters. The predicted molar refractivity (Wildman–Crippen MR) is 101 cm³/mol. The van der Waals surface area contributed by atoms with Gasteiger partial charge < -0.3 is 0 Å². The fourth-order valence-corrected chi connectivity index (χ4v) is 5.52. The Labute approximate surface area is 175 Å². The zero-order valence-corrected chi connectivity index (χ0v) is 17.3. The summed E-state index contributed by atoms with van der Waals surface area (Å²) in [6, 6.07) is 0. The highest BCUT2D eigenvalue weighted by atomic mass is 35.5. The second kappa shape index (κ2) is 5.55. The number of benzene rings is 2. The van der Waals surface area contributed by atoms with Gasteiger partial charge in [0.05, 0.1) is 30.1 Å². The highest BCUT2D eigenvalue weighted by Crippen LogP contribution is 2.69. The molecule has 10 heteroatoms. The second-order valence-corrected chi connectivity index (χ2v) is 9.46. The van der Waals surface area contributed by atoms with E-state index in [0.29, 0.717) is 5.39 Å². The van der Waals surface area contributed by atoms with Crippen molar-refractivity contribution in [2.75, 3.05) is 0 Å². The largest absolute Gasteiger partial charge is 0.182 e. The summed E-state index contributed by atoms with van der Waals surface area (Å²) in [6.45, 7) is 0. The molecule has 0 heterocycles. The van der Waals surface area contributed by atoms with Gasteiger partial charge in [-0.15, -0.1) is 0 Å². The first-order valence-electron chi connectivity index (χ1n) is 5.39. The lowest BCUT2D eigenvalue weighted by atomic mass is 10.0. The van der Waals surface area contributed by atoms with E-state index in [0.717, 1.165) is 0 Å². The molecule has 0 nitrogen and oxygen atoms in total. The maximum atomic E-state index is 6.37. The third-order valence-electron chi connectivity index (χ3n) is 3.42. The minimum Gasteiger partial charge on any atom is -0.0924 e. The molecular weight excluding hydrogens is 499 g/mol. The zero-order valence-electron chi connectivity index (χ0n) is 9.78. The Kier molecular flexibility index (Phi) is 4.64. The Morgan fingerprint density at radius 2 is 0.727 bits per heavy atom. The molecule has 22 heavy (non-hydrogen) atoms. The first kappa shape index (κ1) is 18.4. The summed E-state index contributed by atoms with van der Waals surface area (Å²) in [5, 5.41) is 0.823. The van der Waals surface area contributed by atoms with Crippen molar-refractivity contribution >= 4 is 127 Å². The third kappa shape index (κ3) is 2.07. The van der Waals surface area contributed by atoms with Crippen LogP contribution in [0.1, 0.15) is 11.1 Å². The van der Waals surface area contributed by atoms with Crippen molar-refractivity contribution in [3.8, 4) is 0 Å². The molecule has 0 amide bonds. The van der Waals surface area contributed by atoms with E-state index in [1.807, 2.05) is 0 Å². The average Bonchev–Trinajstić information content (AvgIpc) is 2.57. The Bertz CT molecular complexity index is 785. The third-order valence-corrected chi connectivity index (χ3v) is 8.35. The van der Waals surface area contributed by atoms with Gasteiger partial charge in [0.15, 0.2) is 8.67 Å². The molecule has 2 aromatic carbocycles. The van der Waals surface area contributed by atoms with Crippen molar-refractivity contribution in [3.05, 3.63) is 41.3 Å². The molecule has 2 aromatic rings. The van der Waals surface area contributed by atoms with Crippen LogP contribution in [0, 0.1) is 0 Å². The topological polar surface area (TPSA) is 0 Å². The number of alkyl halides is 4. The molecule has 0 saturated carbocycles. The molecule has 0 spiro atoms. The van der Waals surface area contributed by atoms with Gasteiger partial charge in [0, 0.05) is 21.9 Å². The van der Waals surface area contributed by atoms with E-state index >= 15 is 0 Å². The van der Waals surface area contributed by atoms with Crippen molar-refractivity contribution < 1.29 is 0 Å². The molecular formula is C12Cl10. The fourth-order valence-electron chi connectivity index (χ4n) is 2.45. The minimum absolute atomic E-state index is 0.00813. The molecule has 3 rings (SSSR count). The maximum Gasteiger partial charge on any atom is 0.182 e. The van der Waals surface area contributed by atoms with Crippen LogP contribution in [0.15, 0.2) is 0 Å². The lowest BCUT2D eigenvalue weighted by molar-refractivity contribution is 0.775. The Hall–Kier alpha value is 1.60. The number of hydrogen-bond acceptors (Lipinski definition) is 0. The van der Waals surface area contributed by atoms with Crippen molar-refractivity contribution in [2.24, 2.45) is 0 Å². The number of halogens is 10. The molecule has 0 saturated heterocycles. The lowest BCUT2D eigenvalue weighted by Crippen LogP contribution is -2.26. The van der Waals surface area contributed by atoms with E-state index in [-0.39, 0.29) is 46.6 Å². The van der Waals surface area contributed by atoms with E-state index in [1.54, 1.807) is 0 Å². The summed E-state index contributed by atoms with van der Waals surface area (Å²) >= 11 is 62.8. The number of hydrogen-bond donors (Lipinski definition) is 0. The van der Waals surface area contributed by atoms with Gasteiger partial charge in [-0.25, -0.2) is 0 Å². The summed E-state index contributed by atoms with van der Waals surface area (Å²) in [4.78, 5) is 0. The van der Waals surface area contributed by atoms with Crippen molar-refractivity contribution in [1.82, 2.24) is 0 Å². The first-order valence-corrected chi connectivity index (χ1v) is 9.17. The van der Waals surface area contributed by atoms with E-state index in [2.05, 4.69) is 0 Å². The Morgan fingerprint density at radius 3 is 1.05 bits per heavy atom. The molecule has 0 aromatic heterocycles. The van der Waals surface area contributed by atoms with Crippen LogP contribution in [0.25, 0.3) is 10.8 Å². The molecule has 1 aliphatic carbocycles. The standard InChI is InChI=1S/C12Cl10/c13-5-2-1-3(7(15)9(5)17)11(19,20)12(21,22)4(1)8(16)10(18)6(2)14. The van der Waals surface area contributed by atoms with Gasteiger partial charge in [-0.3, -0.25) is 0 Å². The van der Waals surface area contributed by atoms with E-state index in [4.69, 9.17) is 116 Å². The van der Waals surface area contributed by atoms with Crippen LogP contribution in [-0.4, -0.2) is 0 Å². The molecule has 1 aliphatic rings. The van der Waals surface area contributed by atoms with Gasteiger partial charge in [0.25, 0.3) is 0 Å². The van der Waals surface area contributed by atoms with Crippen LogP contribution < -0.4 is 0 Å². The molecule has 0 bridgehead atoms. The van der Waals surface area contributed by atoms with Gasteiger partial charge in [-0.2, -0.15) is 0 Å². The fraction of sp³-hybridized carbons (Fsp3) is 0.167. The van der Waals surface area contributed by atoms with Gasteiger partial charge in [0.2, 0.25) is 0 Å². The molecule has 0 radical (unpaired) electrons. The van der Waals surface area contributed by atoms with Crippen LogP contribution in [0.3, 0.4) is 0 Å². The summed E-state index contributed by atoms with van der Waals surface area (Å²) < 4.78 is -3.67. The summed E-state index contributed by atoms with van der Waals surface area (Å²) in [5.74, 6) is 0. The van der Waals surface area contributed by atoms with Crippen LogP contribution in [0.4, 0.5) is 0 Å². The van der Waals surface area contributed by atoms with Crippen molar-refractivity contribution in [3.63, 3.8) is 0 Å². The second-order valence-electron chi connectivity index (χ2n) is 4.53. The van der Waals surface area contributed by atoms with E-state index in [9.17, 15) is 0 Å². The van der Waals surface area contributed by atoms with E-state index in [1.165, 1.54) is 0 Å². The monoisotopic (exact) mass is 494 g/mol. The maximum absolute atomic E-state index is 6.37. The highest BCUT2D eigenvalue weighted by molar-refractivity contribution is 6.67. The minimum atomic E-state index is -1.83. The van der Waals surface area contributed by atoms with Crippen LogP contribution in [0.2, 0.25) is 30.1 Å². The Balaban J connectivity index is 2.76. The van der Waals surface area contributed by atoms with E-state index < -0.39 is 8.67 Å². The van der Waals surface area contributed by atoms with Crippen LogP contribution in [-0.2, 0) is 8.67 Å². The SMILES string of the molecule is Clc1c(Cl)c2c3c(c(Cl)c(Cl)c(Cl)c3c1Cl)C(Cl)(Cl)C2(Cl)Cl. The summed E-state index contributed by atoms with van der Waals surface area (Å²) in [7, 11) is 0. The van der Waals surface area contributed by atoms with Crippen molar-refractivity contribution in [1.29, 1.82) is 0 Å². The Morgan fingerprint density at radius 1 is 0.409 bits per heavy atom. The molecule has 118 valence electrons. The summed E-state index contributed by atoms with van der Waals surface area (Å²) in [6.07, 6.45) is 0. The smallest absolute Gasteiger partial charge is 0.0924 e. The molecule has 0 atom stereocenters. The van der Waals surface area contributed by atoms with Crippen LogP contribution >= 0.6 is 116 Å². The lowest BCUT2D eigenvalue weighted by Gasteiger charge is -2.28.